The molecule has 1 amide bonds. The van der Waals surface area contributed by atoms with Crippen LogP contribution in [0.4, 0.5) is 0 Å². The van der Waals surface area contributed by atoms with Crippen molar-refractivity contribution in [3.05, 3.63) is 45.9 Å². The van der Waals surface area contributed by atoms with Crippen LogP contribution in [0.1, 0.15) is 53.7 Å². The standard InChI is InChI=1S/C19H25N3O3S2/c1-3-16-13-26-18(21-16)15-6-5-11-22(12-15)19(23)14-7-9-17(10-8-14)27(24,25)20-4-2/h7-10,13,15,20H,3-6,11-12H2,1-2H3. The quantitative estimate of drug-likeness (QED) is 0.798. The molecular weight excluding hydrogens is 382 g/mol. The molecule has 1 aromatic carbocycles. The number of hydrogen-bond donors (Lipinski definition) is 1. The highest BCUT2D eigenvalue weighted by atomic mass is 32.2. The van der Waals surface area contributed by atoms with Gasteiger partial charge in [-0.05, 0) is 43.5 Å². The Morgan fingerprint density at radius 1 is 1.30 bits per heavy atom. The summed E-state index contributed by atoms with van der Waals surface area (Å²) in [4.78, 5) is 19.6. The maximum Gasteiger partial charge on any atom is 0.253 e. The third-order valence-electron chi connectivity index (χ3n) is 4.74. The van der Waals surface area contributed by atoms with Crippen LogP contribution in [-0.4, -0.2) is 43.8 Å². The summed E-state index contributed by atoms with van der Waals surface area (Å²) < 4.78 is 26.5. The van der Waals surface area contributed by atoms with Gasteiger partial charge in [-0.2, -0.15) is 0 Å². The predicted octanol–water partition coefficient (Wildman–Crippen LogP) is 3.02. The smallest absolute Gasteiger partial charge is 0.253 e. The lowest BCUT2D eigenvalue weighted by Crippen LogP contribution is -2.39. The largest absolute Gasteiger partial charge is 0.338 e. The monoisotopic (exact) mass is 407 g/mol. The first kappa shape index (κ1) is 20.0. The SMILES string of the molecule is CCNS(=O)(=O)c1ccc(C(=O)N2CCCC(c3nc(CC)cs3)C2)cc1. The van der Waals surface area contributed by atoms with E-state index in [9.17, 15) is 13.2 Å². The molecule has 0 spiro atoms. The van der Waals surface area contributed by atoms with E-state index >= 15 is 0 Å². The van der Waals surface area contributed by atoms with E-state index in [1.165, 1.54) is 12.1 Å². The summed E-state index contributed by atoms with van der Waals surface area (Å²) in [6.45, 7) is 5.53. The van der Waals surface area contributed by atoms with Gasteiger partial charge in [-0.15, -0.1) is 11.3 Å². The van der Waals surface area contributed by atoms with Gasteiger partial charge < -0.3 is 4.90 Å². The van der Waals surface area contributed by atoms with Crippen LogP contribution >= 0.6 is 11.3 Å². The third kappa shape index (κ3) is 4.56. The van der Waals surface area contributed by atoms with Crippen molar-refractivity contribution < 1.29 is 13.2 Å². The minimum atomic E-state index is -3.50. The number of piperidine rings is 1. The maximum atomic E-state index is 12.9. The molecule has 1 unspecified atom stereocenters. The zero-order valence-corrected chi connectivity index (χ0v) is 17.3. The maximum absolute atomic E-state index is 12.9. The average molecular weight is 408 g/mol. The second-order valence-electron chi connectivity index (χ2n) is 6.65. The third-order valence-corrected chi connectivity index (χ3v) is 7.35. The minimum absolute atomic E-state index is 0.0561. The van der Waals surface area contributed by atoms with E-state index in [2.05, 4.69) is 22.0 Å². The molecule has 6 nitrogen and oxygen atoms in total. The summed E-state index contributed by atoms with van der Waals surface area (Å²) in [6, 6.07) is 6.16. The molecule has 1 atom stereocenters. The molecule has 0 saturated carbocycles. The Morgan fingerprint density at radius 2 is 2.04 bits per heavy atom. The number of amides is 1. The molecule has 0 radical (unpaired) electrons. The number of nitrogens with one attached hydrogen (secondary N) is 1. The van der Waals surface area contributed by atoms with Gasteiger partial charge in [-0.3, -0.25) is 4.79 Å². The van der Waals surface area contributed by atoms with E-state index in [0.717, 1.165) is 36.5 Å². The minimum Gasteiger partial charge on any atom is -0.338 e. The first-order valence-corrected chi connectivity index (χ1v) is 11.6. The van der Waals surface area contributed by atoms with Crippen molar-refractivity contribution in [2.45, 2.75) is 43.9 Å². The van der Waals surface area contributed by atoms with Crippen molar-refractivity contribution in [1.29, 1.82) is 0 Å². The van der Waals surface area contributed by atoms with Crippen molar-refractivity contribution in [2.75, 3.05) is 19.6 Å². The lowest BCUT2D eigenvalue weighted by atomic mass is 9.98. The van der Waals surface area contributed by atoms with Crippen molar-refractivity contribution in [1.82, 2.24) is 14.6 Å². The molecular formula is C19H25N3O3S2. The van der Waals surface area contributed by atoms with Crippen LogP contribution in [0.5, 0.6) is 0 Å². The molecule has 146 valence electrons. The van der Waals surface area contributed by atoms with Gasteiger partial charge in [-0.1, -0.05) is 13.8 Å². The van der Waals surface area contributed by atoms with Crippen molar-refractivity contribution >= 4 is 27.3 Å². The summed E-state index contributed by atoms with van der Waals surface area (Å²) in [7, 11) is -3.50. The molecule has 1 aromatic heterocycles. The van der Waals surface area contributed by atoms with Crippen LogP contribution in [-0.2, 0) is 16.4 Å². The van der Waals surface area contributed by atoms with E-state index < -0.39 is 10.0 Å². The Morgan fingerprint density at radius 3 is 2.67 bits per heavy atom. The molecule has 2 heterocycles. The molecule has 0 bridgehead atoms. The second-order valence-corrected chi connectivity index (χ2v) is 9.30. The number of aryl methyl sites for hydroxylation is 1. The molecule has 0 aliphatic carbocycles. The highest BCUT2D eigenvalue weighted by molar-refractivity contribution is 7.89. The van der Waals surface area contributed by atoms with Crippen LogP contribution in [0.25, 0.3) is 0 Å². The number of hydrogen-bond acceptors (Lipinski definition) is 5. The van der Waals surface area contributed by atoms with E-state index in [1.54, 1.807) is 30.4 Å². The summed E-state index contributed by atoms with van der Waals surface area (Å²) in [5.74, 6) is 0.223. The Bertz CT molecular complexity index is 891. The molecule has 2 aromatic rings. The number of nitrogens with zero attached hydrogens (tertiary/aromatic N) is 2. The highest BCUT2D eigenvalue weighted by Gasteiger charge is 2.27. The lowest BCUT2D eigenvalue weighted by molar-refractivity contribution is 0.0707. The zero-order valence-electron chi connectivity index (χ0n) is 15.6. The van der Waals surface area contributed by atoms with E-state index in [1.807, 2.05) is 4.90 Å². The summed E-state index contributed by atoms with van der Waals surface area (Å²) >= 11 is 1.68. The van der Waals surface area contributed by atoms with Crippen molar-refractivity contribution in [3.8, 4) is 0 Å². The summed E-state index contributed by atoms with van der Waals surface area (Å²) in [6.07, 6.45) is 2.92. The fraction of sp³-hybridized carbons (Fsp3) is 0.474. The summed E-state index contributed by atoms with van der Waals surface area (Å²) in [5.41, 5.74) is 1.62. The number of carbonyl (C=O) groups is 1. The lowest BCUT2D eigenvalue weighted by Gasteiger charge is -2.32. The van der Waals surface area contributed by atoms with Crippen molar-refractivity contribution in [2.24, 2.45) is 0 Å². The molecule has 3 rings (SSSR count). The predicted molar refractivity (Wildman–Crippen MR) is 107 cm³/mol. The number of rotatable bonds is 6. The fourth-order valence-corrected chi connectivity index (χ4v) is 5.34. The van der Waals surface area contributed by atoms with E-state index in [0.29, 0.717) is 18.7 Å². The summed E-state index contributed by atoms with van der Waals surface area (Å²) in [5, 5.41) is 3.20. The molecule has 27 heavy (non-hydrogen) atoms. The number of likely N-dealkylation sites (tertiary alicyclic amines) is 1. The molecule has 1 aliphatic rings. The van der Waals surface area contributed by atoms with Crippen LogP contribution in [0.2, 0.25) is 0 Å². The first-order valence-electron chi connectivity index (χ1n) is 9.28. The van der Waals surface area contributed by atoms with Gasteiger partial charge in [0, 0.05) is 36.5 Å². The van der Waals surface area contributed by atoms with Gasteiger partial charge in [0.15, 0.2) is 0 Å². The van der Waals surface area contributed by atoms with Crippen LogP contribution in [0.3, 0.4) is 0 Å². The van der Waals surface area contributed by atoms with Gasteiger partial charge in [0.2, 0.25) is 10.0 Å². The molecule has 8 heteroatoms. The first-order chi connectivity index (χ1) is 12.9. The van der Waals surface area contributed by atoms with Gasteiger partial charge >= 0.3 is 0 Å². The Labute approximate surface area is 164 Å². The van der Waals surface area contributed by atoms with Gasteiger partial charge in [0.1, 0.15) is 0 Å². The van der Waals surface area contributed by atoms with Crippen LogP contribution in [0.15, 0.2) is 34.5 Å². The molecule has 1 aliphatic heterocycles. The number of carbonyl (C=O) groups excluding carboxylic acids is 1. The van der Waals surface area contributed by atoms with Gasteiger partial charge in [0.05, 0.1) is 15.6 Å². The van der Waals surface area contributed by atoms with Crippen LogP contribution in [0, 0.1) is 0 Å². The average Bonchev–Trinajstić information content (AvgIpc) is 3.17. The Hall–Kier alpha value is -1.77. The number of sulfonamides is 1. The second kappa shape index (κ2) is 8.50. The van der Waals surface area contributed by atoms with E-state index in [-0.39, 0.29) is 16.7 Å². The van der Waals surface area contributed by atoms with Gasteiger partial charge in [-0.25, -0.2) is 18.1 Å². The fourth-order valence-electron chi connectivity index (χ4n) is 3.27. The number of thiazole rings is 1. The topological polar surface area (TPSA) is 79.4 Å². The van der Waals surface area contributed by atoms with Crippen molar-refractivity contribution in [3.63, 3.8) is 0 Å². The number of aromatic nitrogens is 1. The molecule has 1 fully saturated rings. The normalized spacial score (nSPS) is 17.9. The van der Waals surface area contributed by atoms with Gasteiger partial charge in [0.25, 0.3) is 5.91 Å². The van der Waals surface area contributed by atoms with E-state index in [4.69, 9.17) is 0 Å². The van der Waals surface area contributed by atoms with Crippen LogP contribution < -0.4 is 4.72 Å². The molecule has 1 N–H and O–H groups in total. The Kier molecular flexibility index (Phi) is 6.29. The number of benzene rings is 1. The Balaban J connectivity index is 1.71. The highest BCUT2D eigenvalue weighted by Crippen LogP contribution is 2.30. The zero-order chi connectivity index (χ0) is 19.4. The molecule has 1 saturated heterocycles.